The van der Waals surface area contributed by atoms with Gasteiger partial charge in [-0.15, -0.1) is 0 Å². The second-order valence-electron chi connectivity index (χ2n) is 25.3. The van der Waals surface area contributed by atoms with Crippen molar-refractivity contribution in [3.8, 4) is 0 Å². The van der Waals surface area contributed by atoms with Crippen LogP contribution < -0.4 is 5.32 Å². The van der Waals surface area contributed by atoms with E-state index in [9.17, 15) is 61.0 Å². The van der Waals surface area contributed by atoms with E-state index in [1.54, 1.807) is 6.08 Å². The van der Waals surface area contributed by atoms with Gasteiger partial charge in [0.2, 0.25) is 5.91 Å². The molecule has 0 radical (unpaired) electrons. The van der Waals surface area contributed by atoms with Crippen molar-refractivity contribution < 1.29 is 89.4 Å². The van der Waals surface area contributed by atoms with Gasteiger partial charge in [-0.25, -0.2) is 0 Å². The van der Waals surface area contributed by atoms with Crippen LogP contribution in [0.5, 0.6) is 0 Å². The Morgan fingerprint density at radius 2 is 0.742 bits per heavy atom. The Labute approximate surface area is 535 Å². The van der Waals surface area contributed by atoms with Crippen LogP contribution in [0.15, 0.2) is 48.6 Å². The van der Waals surface area contributed by atoms with Gasteiger partial charge in [0.1, 0.15) is 73.2 Å². The monoisotopic (exact) mass is 1270 g/mol. The molecule has 0 aliphatic carbocycles. The molecule has 3 aliphatic rings. The standard InChI is InChI=1S/C70H127NO18/c1-3-5-7-9-11-13-15-17-19-21-23-24-25-26-27-28-30-31-33-35-37-39-41-43-45-47-54(75)53(71-58(76)48-46-44-42-40-38-36-34-32-29-22-20-18-16-14-12-10-8-6-4-2)52-84-68-64(82)61(79)66(56(50-73)86-68)89-70-65(83)62(80)67(57(51-74)87-70)88-69-63(81)60(78)59(77)55(49-72)85-69/h12,14,18,20,29,32,45,47,53-57,59-70,72-75,77-83H,3-11,13,15-17,19,21-28,30-31,33-44,46,48-52H2,1-2H3,(H,71,76)/b14-12-,20-18-,32-29-,47-45+. The van der Waals surface area contributed by atoms with Gasteiger partial charge in [0.15, 0.2) is 18.9 Å². The first-order valence-corrected chi connectivity index (χ1v) is 35.4. The Balaban J connectivity index is 1.44. The fraction of sp³-hybridized carbons (Fsp3) is 0.871. The van der Waals surface area contributed by atoms with E-state index in [1.807, 2.05) is 6.08 Å². The number of carbonyl (C=O) groups is 1. The second-order valence-corrected chi connectivity index (χ2v) is 25.3. The molecule has 3 saturated heterocycles. The van der Waals surface area contributed by atoms with E-state index in [-0.39, 0.29) is 18.9 Å². The second kappa shape index (κ2) is 52.1. The number of allylic oxidation sites excluding steroid dienone is 7. The lowest BCUT2D eigenvalue weighted by Crippen LogP contribution is -2.66. The minimum absolute atomic E-state index is 0.228. The smallest absolute Gasteiger partial charge is 0.220 e. The number of carbonyl (C=O) groups excluding carboxylic acids is 1. The normalized spacial score (nSPS) is 28.5. The zero-order valence-corrected chi connectivity index (χ0v) is 54.9. The highest BCUT2D eigenvalue weighted by Gasteiger charge is 2.53. The highest BCUT2D eigenvalue weighted by molar-refractivity contribution is 5.76. The number of aliphatic hydroxyl groups excluding tert-OH is 11. The van der Waals surface area contributed by atoms with Crippen molar-refractivity contribution in [3.05, 3.63) is 48.6 Å². The maximum Gasteiger partial charge on any atom is 0.220 e. The van der Waals surface area contributed by atoms with Crippen LogP contribution in [0.3, 0.4) is 0 Å². The van der Waals surface area contributed by atoms with Crippen LogP contribution in [-0.2, 0) is 33.2 Å². The topological polar surface area (TPSA) is 307 Å². The first-order valence-electron chi connectivity index (χ1n) is 35.4. The fourth-order valence-corrected chi connectivity index (χ4v) is 11.8. The van der Waals surface area contributed by atoms with Crippen LogP contribution in [0.4, 0.5) is 0 Å². The van der Waals surface area contributed by atoms with Gasteiger partial charge in [-0.2, -0.15) is 0 Å². The van der Waals surface area contributed by atoms with Gasteiger partial charge in [-0.1, -0.05) is 242 Å². The third-order valence-electron chi connectivity index (χ3n) is 17.6. The van der Waals surface area contributed by atoms with Crippen molar-refractivity contribution in [2.75, 3.05) is 26.4 Å². The molecule has 0 spiro atoms. The third-order valence-corrected chi connectivity index (χ3v) is 17.6. The molecule has 3 fully saturated rings. The third kappa shape index (κ3) is 34.1. The number of amides is 1. The maximum absolute atomic E-state index is 13.4. The molecule has 19 nitrogen and oxygen atoms in total. The van der Waals surface area contributed by atoms with E-state index in [1.165, 1.54) is 148 Å². The first kappa shape index (κ1) is 81.0. The number of hydrogen-bond donors (Lipinski definition) is 12. The van der Waals surface area contributed by atoms with E-state index >= 15 is 0 Å². The molecule has 17 atom stereocenters. The SMILES string of the molecule is CCCCC/C=C\C/C=C\C/C=C\CCCCCCCCC(=O)NC(COC1OC(CO)C(OC2OC(CO)C(OC3OC(CO)C(O)C(O)C3O)C(O)C2O)C(O)C1O)C(O)/C=C/CCCCCCCCCCCCCCCCCCCCCCCCC. The Morgan fingerprint density at radius 3 is 1.18 bits per heavy atom. The molecule has 0 saturated carbocycles. The lowest BCUT2D eigenvalue weighted by atomic mass is 9.96. The molecule has 3 aliphatic heterocycles. The van der Waals surface area contributed by atoms with E-state index in [2.05, 4.69) is 55.6 Å². The molecular weight excluding hydrogens is 1140 g/mol. The zero-order chi connectivity index (χ0) is 64.7. The van der Waals surface area contributed by atoms with Crippen molar-refractivity contribution >= 4 is 5.91 Å². The number of ether oxygens (including phenoxy) is 6. The molecule has 0 bridgehead atoms. The number of hydrogen-bond acceptors (Lipinski definition) is 18. The summed E-state index contributed by atoms with van der Waals surface area (Å²) in [5.41, 5.74) is 0. The van der Waals surface area contributed by atoms with Crippen molar-refractivity contribution in [3.63, 3.8) is 0 Å². The molecule has 89 heavy (non-hydrogen) atoms. The molecule has 0 aromatic rings. The molecule has 3 heterocycles. The van der Waals surface area contributed by atoms with E-state index in [0.29, 0.717) is 6.42 Å². The first-order chi connectivity index (χ1) is 43.3. The van der Waals surface area contributed by atoms with Crippen molar-refractivity contribution in [2.45, 2.75) is 362 Å². The number of aliphatic hydroxyl groups is 11. The molecular formula is C70H127NO18. The van der Waals surface area contributed by atoms with Gasteiger partial charge in [0.05, 0.1) is 38.6 Å². The van der Waals surface area contributed by atoms with Gasteiger partial charge >= 0.3 is 0 Å². The lowest BCUT2D eigenvalue weighted by molar-refractivity contribution is -0.379. The summed E-state index contributed by atoms with van der Waals surface area (Å²) in [6, 6.07) is -0.982. The van der Waals surface area contributed by atoms with Gasteiger partial charge in [0, 0.05) is 6.42 Å². The molecule has 17 unspecified atom stereocenters. The van der Waals surface area contributed by atoms with E-state index in [0.717, 1.165) is 83.5 Å². The largest absolute Gasteiger partial charge is 0.394 e. The van der Waals surface area contributed by atoms with Crippen LogP contribution >= 0.6 is 0 Å². The Morgan fingerprint density at radius 1 is 0.404 bits per heavy atom. The molecule has 1 amide bonds. The fourth-order valence-electron chi connectivity index (χ4n) is 11.8. The van der Waals surface area contributed by atoms with Gasteiger partial charge in [0.25, 0.3) is 0 Å². The highest BCUT2D eigenvalue weighted by atomic mass is 16.8. The van der Waals surface area contributed by atoms with E-state index in [4.69, 9.17) is 28.4 Å². The Hall–Kier alpha value is -2.25. The van der Waals surface area contributed by atoms with Gasteiger partial charge in [-0.3, -0.25) is 4.79 Å². The number of rotatable bonds is 54. The summed E-state index contributed by atoms with van der Waals surface area (Å²) in [5.74, 6) is -0.287. The van der Waals surface area contributed by atoms with Crippen LogP contribution in [0.2, 0.25) is 0 Å². The predicted octanol–water partition coefficient (Wildman–Crippen LogP) is 9.39. The van der Waals surface area contributed by atoms with Crippen molar-refractivity contribution in [2.24, 2.45) is 0 Å². The van der Waals surface area contributed by atoms with Gasteiger partial charge < -0.3 is 89.9 Å². The van der Waals surface area contributed by atoms with Crippen LogP contribution in [0, 0.1) is 0 Å². The highest BCUT2D eigenvalue weighted by Crippen LogP contribution is 2.33. The minimum atomic E-state index is -1.98. The Bertz CT molecular complexity index is 1800. The summed E-state index contributed by atoms with van der Waals surface area (Å²) in [7, 11) is 0. The molecule has 3 rings (SSSR count). The molecule has 520 valence electrons. The average Bonchev–Trinajstić information content (AvgIpc) is 2.46. The van der Waals surface area contributed by atoms with E-state index < -0.39 is 124 Å². The number of unbranched alkanes of at least 4 members (excludes halogenated alkanes) is 32. The minimum Gasteiger partial charge on any atom is -0.394 e. The molecule has 19 heteroatoms. The summed E-state index contributed by atoms with van der Waals surface area (Å²) in [6.45, 7) is 1.71. The zero-order valence-electron chi connectivity index (χ0n) is 54.9. The van der Waals surface area contributed by atoms with Crippen LogP contribution in [-0.4, -0.2) is 193 Å². The average molecular weight is 1270 g/mol. The maximum atomic E-state index is 13.4. The van der Waals surface area contributed by atoms with Gasteiger partial charge in [-0.05, 0) is 57.8 Å². The Kier molecular flexibility index (Phi) is 47.4. The molecule has 12 N–H and O–H groups in total. The number of nitrogens with one attached hydrogen (secondary N) is 1. The molecule has 0 aromatic carbocycles. The summed E-state index contributed by atoms with van der Waals surface area (Å²) >= 11 is 0. The quantitative estimate of drug-likeness (QED) is 0.0199. The van der Waals surface area contributed by atoms with Crippen LogP contribution in [0.1, 0.15) is 258 Å². The summed E-state index contributed by atoms with van der Waals surface area (Å²) in [6.07, 6.45) is 35.1. The van der Waals surface area contributed by atoms with Crippen molar-refractivity contribution in [1.82, 2.24) is 5.32 Å². The molecule has 0 aromatic heterocycles. The van der Waals surface area contributed by atoms with Crippen molar-refractivity contribution in [1.29, 1.82) is 0 Å². The predicted molar refractivity (Wildman–Crippen MR) is 346 cm³/mol. The summed E-state index contributed by atoms with van der Waals surface area (Å²) in [5, 5.41) is 121. The van der Waals surface area contributed by atoms with Crippen LogP contribution in [0.25, 0.3) is 0 Å². The summed E-state index contributed by atoms with van der Waals surface area (Å²) in [4.78, 5) is 13.4. The summed E-state index contributed by atoms with van der Waals surface area (Å²) < 4.78 is 34.4. The lowest BCUT2D eigenvalue weighted by Gasteiger charge is -2.48.